The molecule has 0 aliphatic carbocycles. The van der Waals surface area contributed by atoms with E-state index >= 15 is 0 Å². The number of rotatable bonds is 4. The highest BCUT2D eigenvalue weighted by atomic mass is 32.2. The Hall–Kier alpha value is -0.890. The molecule has 0 aromatic carbocycles. The number of hydrogen-bond acceptors (Lipinski definition) is 4. The second kappa shape index (κ2) is 5.62. The van der Waals surface area contributed by atoms with Crippen LogP contribution in [0.25, 0.3) is 0 Å². The van der Waals surface area contributed by atoms with Crippen LogP contribution in [0.3, 0.4) is 0 Å². The van der Waals surface area contributed by atoms with Gasteiger partial charge in [-0.2, -0.15) is 4.31 Å². The van der Waals surface area contributed by atoms with Gasteiger partial charge in [0.2, 0.25) is 10.0 Å². The molecular weight excluding hydrogens is 264 g/mol. The van der Waals surface area contributed by atoms with Crippen LogP contribution in [0.1, 0.15) is 19.5 Å². The molecule has 1 saturated heterocycles. The number of nitrogens with two attached hydrogens (primary N) is 1. The maximum Gasteiger partial charge on any atom is 0.244 e. The molecule has 0 bridgehead atoms. The van der Waals surface area contributed by atoms with Crippen molar-refractivity contribution < 1.29 is 8.42 Å². The topological polar surface area (TPSA) is 82.4 Å². The highest BCUT2D eigenvalue weighted by molar-refractivity contribution is 7.89. The molecule has 3 N–H and O–H groups in total. The van der Waals surface area contributed by atoms with Crippen LogP contribution < -0.4 is 5.73 Å². The van der Waals surface area contributed by atoms with Gasteiger partial charge in [0.05, 0.1) is 4.90 Å². The summed E-state index contributed by atoms with van der Waals surface area (Å²) in [6, 6.07) is 2.07. The first kappa shape index (κ1) is 14.5. The fourth-order valence-corrected chi connectivity index (χ4v) is 3.74. The number of H-pyrrole nitrogens is 1. The van der Waals surface area contributed by atoms with Gasteiger partial charge in [-0.05, 0) is 19.9 Å². The van der Waals surface area contributed by atoms with E-state index < -0.39 is 10.0 Å². The largest absolute Gasteiger partial charge is 0.363 e. The first-order valence-corrected chi connectivity index (χ1v) is 8.00. The molecule has 0 amide bonds. The van der Waals surface area contributed by atoms with Crippen LogP contribution in [-0.4, -0.2) is 54.8 Å². The highest BCUT2D eigenvalue weighted by Gasteiger charge is 2.29. The molecule has 1 aromatic rings. The van der Waals surface area contributed by atoms with Crippen LogP contribution in [0, 0.1) is 0 Å². The Labute approximate surface area is 114 Å². The van der Waals surface area contributed by atoms with E-state index in [4.69, 9.17) is 5.73 Å². The minimum Gasteiger partial charge on any atom is -0.363 e. The summed E-state index contributed by atoms with van der Waals surface area (Å²) < 4.78 is 26.4. The van der Waals surface area contributed by atoms with E-state index in [1.54, 1.807) is 10.4 Å². The van der Waals surface area contributed by atoms with E-state index in [0.717, 1.165) is 18.8 Å². The molecule has 0 atom stereocenters. The first-order chi connectivity index (χ1) is 8.95. The molecule has 0 saturated carbocycles. The summed E-state index contributed by atoms with van der Waals surface area (Å²) in [5, 5.41) is 0. The molecule has 108 valence electrons. The summed E-state index contributed by atoms with van der Waals surface area (Å²) in [5.74, 6) is 0. The quantitative estimate of drug-likeness (QED) is 0.827. The van der Waals surface area contributed by atoms with Crippen LogP contribution in [0.4, 0.5) is 0 Å². The van der Waals surface area contributed by atoms with E-state index in [1.807, 2.05) is 0 Å². The molecule has 1 aliphatic heterocycles. The first-order valence-electron chi connectivity index (χ1n) is 6.56. The Bertz CT molecular complexity index is 516. The van der Waals surface area contributed by atoms with Gasteiger partial charge in [-0.3, -0.25) is 4.90 Å². The molecule has 6 nitrogen and oxygen atoms in total. The van der Waals surface area contributed by atoms with Gasteiger partial charge in [0.1, 0.15) is 0 Å². The third-order valence-corrected chi connectivity index (χ3v) is 5.45. The van der Waals surface area contributed by atoms with E-state index in [9.17, 15) is 8.42 Å². The van der Waals surface area contributed by atoms with Gasteiger partial charge < -0.3 is 10.7 Å². The van der Waals surface area contributed by atoms with Gasteiger partial charge in [0, 0.05) is 50.7 Å². The Balaban J connectivity index is 2.09. The maximum absolute atomic E-state index is 12.4. The Morgan fingerprint density at radius 3 is 2.42 bits per heavy atom. The molecule has 0 radical (unpaired) electrons. The molecule has 1 aliphatic rings. The lowest BCUT2D eigenvalue weighted by Gasteiger charge is -2.36. The number of aromatic amines is 1. The normalized spacial score (nSPS) is 19.2. The number of nitrogens with zero attached hydrogens (tertiary/aromatic N) is 2. The fourth-order valence-electron chi connectivity index (χ4n) is 2.30. The Morgan fingerprint density at radius 2 is 1.95 bits per heavy atom. The number of piperazine rings is 1. The fraction of sp³-hybridized carbons (Fsp3) is 0.667. The molecule has 0 spiro atoms. The van der Waals surface area contributed by atoms with Crippen LogP contribution in [-0.2, 0) is 16.6 Å². The SMILES string of the molecule is CC(C)N1CCN(S(=O)(=O)c2c[nH]c(CN)c2)CC1. The second-order valence-corrected chi connectivity index (χ2v) is 7.04. The van der Waals surface area contributed by atoms with E-state index in [1.165, 1.54) is 6.20 Å². The van der Waals surface area contributed by atoms with Crippen LogP contribution >= 0.6 is 0 Å². The highest BCUT2D eigenvalue weighted by Crippen LogP contribution is 2.19. The van der Waals surface area contributed by atoms with Gasteiger partial charge in [0.15, 0.2) is 0 Å². The second-order valence-electron chi connectivity index (χ2n) is 5.10. The Kier molecular flexibility index (Phi) is 4.29. The molecule has 7 heteroatoms. The lowest BCUT2D eigenvalue weighted by molar-refractivity contribution is 0.154. The zero-order valence-corrected chi connectivity index (χ0v) is 12.3. The van der Waals surface area contributed by atoms with Crippen molar-refractivity contribution in [1.82, 2.24) is 14.2 Å². The summed E-state index contributed by atoms with van der Waals surface area (Å²) in [5.41, 5.74) is 6.23. The number of aromatic nitrogens is 1. The molecule has 19 heavy (non-hydrogen) atoms. The van der Waals surface area contributed by atoms with Gasteiger partial charge in [0.25, 0.3) is 0 Å². The summed E-state index contributed by atoms with van der Waals surface area (Å²) >= 11 is 0. The van der Waals surface area contributed by atoms with Crippen molar-refractivity contribution in [2.24, 2.45) is 5.73 Å². The minimum absolute atomic E-state index is 0.311. The van der Waals surface area contributed by atoms with Crippen LogP contribution in [0.5, 0.6) is 0 Å². The smallest absolute Gasteiger partial charge is 0.244 e. The molecular formula is C12H22N4O2S. The van der Waals surface area contributed by atoms with Gasteiger partial charge >= 0.3 is 0 Å². The molecule has 2 heterocycles. The number of hydrogen-bond donors (Lipinski definition) is 2. The summed E-state index contributed by atoms with van der Waals surface area (Å²) in [6.07, 6.45) is 1.52. The molecule has 1 aromatic heterocycles. The average Bonchev–Trinajstić information content (AvgIpc) is 2.88. The number of nitrogens with one attached hydrogen (secondary N) is 1. The van der Waals surface area contributed by atoms with Gasteiger partial charge in [-0.25, -0.2) is 8.42 Å². The lowest BCUT2D eigenvalue weighted by Crippen LogP contribution is -2.50. The zero-order valence-electron chi connectivity index (χ0n) is 11.5. The van der Waals surface area contributed by atoms with Crippen LogP contribution in [0.2, 0.25) is 0 Å². The van der Waals surface area contributed by atoms with Gasteiger partial charge in [-0.15, -0.1) is 0 Å². The van der Waals surface area contributed by atoms with Crippen molar-refractivity contribution in [3.05, 3.63) is 18.0 Å². The molecule has 1 fully saturated rings. The predicted octanol–water partition coefficient (Wildman–Crippen LogP) is 0.188. The summed E-state index contributed by atoms with van der Waals surface area (Å²) in [4.78, 5) is 5.48. The van der Waals surface area contributed by atoms with Crippen molar-refractivity contribution in [3.63, 3.8) is 0 Å². The third-order valence-electron chi connectivity index (χ3n) is 3.58. The van der Waals surface area contributed by atoms with Crippen molar-refractivity contribution in [1.29, 1.82) is 0 Å². The zero-order chi connectivity index (χ0) is 14.0. The predicted molar refractivity (Wildman–Crippen MR) is 74.2 cm³/mol. The maximum atomic E-state index is 12.4. The third kappa shape index (κ3) is 3.00. The van der Waals surface area contributed by atoms with Gasteiger partial charge in [-0.1, -0.05) is 0 Å². The minimum atomic E-state index is -3.38. The number of sulfonamides is 1. The van der Waals surface area contributed by atoms with E-state index in [0.29, 0.717) is 30.6 Å². The standard InChI is InChI=1S/C12H22N4O2S/c1-10(2)15-3-5-16(6-4-15)19(17,18)12-7-11(8-13)14-9-12/h7,9-10,14H,3-6,8,13H2,1-2H3. The Morgan fingerprint density at radius 1 is 1.32 bits per heavy atom. The van der Waals surface area contributed by atoms with Crippen molar-refractivity contribution >= 4 is 10.0 Å². The molecule has 0 unspecified atom stereocenters. The van der Waals surface area contributed by atoms with Crippen molar-refractivity contribution in [3.8, 4) is 0 Å². The van der Waals surface area contributed by atoms with E-state index in [2.05, 4.69) is 23.7 Å². The van der Waals surface area contributed by atoms with E-state index in [-0.39, 0.29) is 0 Å². The summed E-state index contributed by atoms with van der Waals surface area (Å²) in [6.45, 7) is 7.23. The van der Waals surface area contributed by atoms with Crippen molar-refractivity contribution in [2.75, 3.05) is 26.2 Å². The molecule has 2 rings (SSSR count). The van der Waals surface area contributed by atoms with Crippen LogP contribution in [0.15, 0.2) is 17.2 Å². The van der Waals surface area contributed by atoms with Crippen molar-refractivity contribution in [2.45, 2.75) is 31.3 Å². The monoisotopic (exact) mass is 286 g/mol. The summed E-state index contributed by atoms with van der Waals surface area (Å²) in [7, 11) is -3.38. The lowest BCUT2D eigenvalue weighted by atomic mass is 10.3. The average molecular weight is 286 g/mol.